The summed E-state index contributed by atoms with van der Waals surface area (Å²) in [5.74, 6) is 0. The predicted octanol–water partition coefficient (Wildman–Crippen LogP) is 3.87. The van der Waals surface area contributed by atoms with E-state index in [9.17, 15) is 0 Å². The molecule has 1 rings (SSSR count). The van der Waals surface area contributed by atoms with Gasteiger partial charge in [-0.2, -0.15) is 0 Å². The molecular weight excluding hydrogens is 144 g/mol. The summed E-state index contributed by atoms with van der Waals surface area (Å²) in [5, 5.41) is 0. The summed E-state index contributed by atoms with van der Waals surface area (Å²) in [6.45, 7) is 6.69. The first-order valence-electron chi connectivity index (χ1n) is 4.78. The summed E-state index contributed by atoms with van der Waals surface area (Å²) in [6.07, 6.45) is 13.5. The molecule has 0 aromatic heterocycles. The fraction of sp³-hybridized carbons (Fsp3) is 0.500. The molecule has 0 nitrogen and oxygen atoms in total. The van der Waals surface area contributed by atoms with Crippen molar-refractivity contribution in [2.75, 3.05) is 0 Å². The Morgan fingerprint density at radius 3 is 2.58 bits per heavy atom. The van der Waals surface area contributed by atoms with Crippen molar-refractivity contribution in [1.29, 1.82) is 0 Å². The Bertz CT molecular complexity index is 230. The maximum Gasteiger partial charge on any atom is 0.00364 e. The molecule has 0 saturated carbocycles. The highest BCUT2D eigenvalue weighted by Crippen LogP contribution is 2.27. The van der Waals surface area contributed by atoms with Gasteiger partial charge in [0.1, 0.15) is 0 Å². The van der Waals surface area contributed by atoms with Crippen molar-refractivity contribution in [1.82, 2.24) is 0 Å². The van der Waals surface area contributed by atoms with Crippen LogP contribution in [0.25, 0.3) is 0 Å². The van der Waals surface area contributed by atoms with E-state index in [4.69, 9.17) is 0 Å². The predicted molar refractivity (Wildman–Crippen MR) is 55.1 cm³/mol. The molecule has 0 fully saturated rings. The number of rotatable bonds is 2. The Morgan fingerprint density at radius 2 is 2.00 bits per heavy atom. The van der Waals surface area contributed by atoms with Crippen molar-refractivity contribution in [3.05, 3.63) is 36.0 Å². The number of hydrogen-bond acceptors (Lipinski definition) is 0. The van der Waals surface area contributed by atoms with Crippen LogP contribution >= 0.6 is 0 Å². The third-order valence-corrected chi connectivity index (χ3v) is 2.64. The molecule has 0 radical (unpaired) electrons. The summed E-state index contributed by atoms with van der Waals surface area (Å²) in [5.41, 5.74) is 1.69. The largest absolute Gasteiger partial charge is 0.0748 e. The van der Waals surface area contributed by atoms with Crippen LogP contribution in [-0.4, -0.2) is 0 Å². The quantitative estimate of drug-likeness (QED) is 0.578. The average Bonchev–Trinajstić information content (AvgIpc) is 2.28. The van der Waals surface area contributed by atoms with Gasteiger partial charge in [0.15, 0.2) is 0 Å². The van der Waals surface area contributed by atoms with Crippen molar-refractivity contribution >= 4 is 0 Å². The topological polar surface area (TPSA) is 0 Å². The highest BCUT2D eigenvalue weighted by atomic mass is 14.2. The van der Waals surface area contributed by atoms with Crippen LogP contribution in [-0.2, 0) is 0 Å². The molecule has 0 N–H and O–H groups in total. The molecule has 1 aliphatic rings. The van der Waals surface area contributed by atoms with E-state index in [0.29, 0.717) is 0 Å². The minimum Gasteiger partial charge on any atom is -0.0748 e. The van der Waals surface area contributed by atoms with E-state index in [1.807, 2.05) is 0 Å². The van der Waals surface area contributed by atoms with E-state index in [2.05, 4.69) is 51.2 Å². The van der Waals surface area contributed by atoms with E-state index in [1.165, 1.54) is 12.0 Å². The maximum atomic E-state index is 2.31. The molecule has 1 atom stereocenters. The van der Waals surface area contributed by atoms with Crippen LogP contribution in [0.5, 0.6) is 0 Å². The van der Waals surface area contributed by atoms with Crippen LogP contribution in [0.3, 0.4) is 0 Å². The van der Waals surface area contributed by atoms with Gasteiger partial charge in [-0.3, -0.25) is 0 Å². The van der Waals surface area contributed by atoms with Crippen molar-refractivity contribution in [3.8, 4) is 0 Å². The van der Waals surface area contributed by atoms with Crippen LogP contribution in [0, 0.1) is 5.41 Å². The summed E-state index contributed by atoms with van der Waals surface area (Å²) in [6, 6.07) is 0. The van der Waals surface area contributed by atoms with E-state index in [-0.39, 0.29) is 5.41 Å². The Labute approximate surface area is 75.7 Å². The molecule has 0 heterocycles. The Balaban J connectivity index is 2.82. The Kier molecular flexibility index (Phi) is 2.91. The second kappa shape index (κ2) is 3.75. The second-order valence-electron chi connectivity index (χ2n) is 3.65. The fourth-order valence-electron chi connectivity index (χ4n) is 1.27. The molecular formula is C12H18. The molecule has 0 aromatic rings. The average molecular weight is 162 g/mol. The molecule has 0 spiro atoms. The molecule has 0 amide bonds. The first-order valence-corrected chi connectivity index (χ1v) is 4.78. The molecule has 0 saturated heterocycles. The summed E-state index contributed by atoms with van der Waals surface area (Å²) in [7, 11) is 0. The van der Waals surface area contributed by atoms with Crippen LogP contribution in [0.4, 0.5) is 0 Å². The molecule has 0 heteroatoms. The summed E-state index contributed by atoms with van der Waals surface area (Å²) >= 11 is 0. The van der Waals surface area contributed by atoms with Gasteiger partial charge in [-0.1, -0.05) is 51.2 Å². The van der Waals surface area contributed by atoms with Crippen LogP contribution < -0.4 is 0 Å². The lowest BCUT2D eigenvalue weighted by Crippen LogP contribution is -2.06. The fourth-order valence-corrected chi connectivity index (χ4v) is 1.27. The van der Waals surface area contributed by atoms with Gasteiger partial charge in [0.05, 0.1) is 0 Å². The first-order chi connectivity index (χ1) is 5.70. The van der Waals surface area contributed by atoms with E-state index in [0.717, 1.165) is 6.42 Å². The minimum atomic E-state index is 0.271. The third-order valence-electron chi connectivity index (χ3n) is 2.64. The summed E-state index contributed by atoms with van der Waals surface area (Å²) in [4.78, 5) is 0. The van der Waals surface area contributed by atoms with E-state index >= 15 is 0 Å². The molecule has 66 valence electrons. The lowest BCUT2D eigenvalue weighted by Gasteiger charge is -2.18. The van der Waals surface area contributed by atoms with Gasteiger partial charge < -0.3 is 0 Å². The normalized spacial score (nSPS) is 28.4. The van der Waals surface area contributed by atoms with E-state index < -0.39 is 0 Å². The molecule has 0 aliphatic heterocycles. The van der Waals surface area contributed by atoms with Gasteiger partial charge in [-0.05, 0) is 18.4 Å². The monoisotopic (exact) mass is 162 g/mol. The number of hydrogen-bond donors (Lipinski definition) is 0. The first kappa shape index (κ1) is 9.31. The highest BCUT2D eigenvalue weighted by Gasteiger charge is 2.14. The highest BCUT2D eigenvalue weighted by molar-refractivity contribution is 5.30. The van der Waals surface area contributed by atoms with E-state index in [1.54, 1.807) is 0 Å². The van der Waals surface area contributed by atoms with Gasteiger partial charge in [0.25, 0.3) is 0 Å². The molecule has 0 aromatic carbocycles. The molecule has 1 unspecified atom stereocenters. The van der Waals surface area contributed by atoms with Gasteiger partial charge in [0.2, 0.25) is 0 Å². The van der Waals surface area contributed by atoms with Crippen molar-refractivity contribution in [3.63, 3.8) is 0 Å². The zero-order valence-corrected chi connectivity index (χ0v) is 8.30. The maximum absolute atomic E-state index is 2.31. The number of allylic oxidation sites excluding steroid dienone is 6. The third kappa shape index (κ3) is 2.10. The Hall–Kier alpha value is -0.780. The minimum absolute atomic E-state index is 0.271. The summed E-state index contributed by atoms with van der Waals surface area (Å²) < 4.78 is 0. The van der Waals surface area contributed by atoms with Gasteiger partial charge in [-0.15, -0.1) is 0 Å². The lowest BCUT2D eigenvalue weighted by molar-refractivity contribution is 0.531. The smallest absolute Gasteiger partial charge is 0.00364 e. The molecule has 0 bridgehead atoms. The van der Waals surface area contributed by atoms with Crippen molar-refractivity contribution in [2.24, 2.45) is 5.41 Å². The molecule has 12 heavy (non-hydrogen) atoms. The van der Waals surface area contributed by atoms with Gasteiger partial charge >= 0.3 is 0 Å². The van der Waals surface area contributed by atoms with Crippen molar-refractivity contribution < 1.29 is 0 Å². The Morgan fingerprint density at radius 1 is 1.25 bits per heavy atom. The van der Waals surface area contributed by atoms with Gasteiger partial charge in [-0.25, -0.2) is 0 Å². The van der Waals surface area contributed by atoms with Crippen LogP contribution in [0.1, 0.15) is 33.6 Å². The zero-order chi connectivity index (χ0) is 9.03. The lowest BCUT2D eigenvalue weighted by atomic mass is 9.87. The SMILES string of the molecule is CCC1=CC=CC(C)(CC)C=C1. The van der Waals surface area contributed by atoms with Crippen LogP contribution in [0.2, 0.25) is 0 Å². The second-order valence-corrected chi connectivity index (χ2v) is 3.65. The zero-order valence-electron chi connectivity index (χ0n) is 8.30. The standard InChI is InChI=1S/C12H18/c1-4-11-7-6-9-12(3,5-2)10-8-11/h6-10H,4-5H2,1-3H3. The van der Waals surface area contributed by atoms with Crippen molar-refractivity contribution in [2.45, 2.75) is 33.6 Å². The van der Waals surface area contributed by atoms with Gasteiger partial charge in [0, 0.05) is 5.41 Å². The van der Waals surface area contributed by atoms with Crippen LogP contribution in [0.15, 0.2) is 36.0 Å². The molecule has 1 aliphatic carbocycles.